The third-order valence-electron chi connectivity index (χ3n) is 2.82. The second-order valence-electron chi connectivity index (χ2n) is 4.27. The SMILES string of the molecule is Cn1cc(-c2nc(-c3ccccc3)c(C(=O)O)s2)cn1. The normalized spacial score (nSPS) is 10.7. The fraction of sp³-hybridized carbons (Fsp3) is 0.0714. The van der Waals surface area contributed by atoms with Crippen molar-refractivity contribution in [3.05, 3.63) is 47.6 Å². The summed E-state index contributed by atoms with van der Waals surface area (Å²) < 4.78 is 1.67. The van der Waals surface area contributed by atoms with E-state index in [-0.39, 0.29) is 4.88 Å². The van der Waals surface area contributed by atoms with E-state index in [1.165, 1.54) is 0 Å². The van der Waals surface area contributed by atoms with Gasteiger partial charge in [0, 0.05) is 24.4 Å². The van der Waals surface area contributed by atoms with E-state index in [4.69, 9.17) is 0 Å². The minimum absolute atomic E-state index is 0.245. The predicted octanol–water partition coefficient (Wildman–Crippen LogP) is 2.91. The number of nitrogens with zero attached hydrogens (tertiary/aromatic N) is 3. The smallest absolute Gasteiger partial charge is 0.348 e. The number of aromatic nitrogens is 3. The average molecular weight is 285 g/mol. The van der Waals surface area contributed by atoms with Crippen LogP contribution < -0.4 is 0 Å². The molecule has 0 aliphatic heterocycles. The Balaban J connectivity index is 2.15. The van der Waals surface area contributed by atoms with Crippen molar-refractivity contribution in [2.75, 3.05) is 0 Å². The Labute approximate surface area is 119 Å². The summed E-state index contributed by atoms with van der Waals surface area (Å²) in [5, 5.41) is 14.1. The Morgan fingerprint density at radius 1 is 1.25 bits per heavy atom. The number of carboxylic acids is 1. The first-order valence-corrected chi connectivity index (χ1v) is 6.75. The van der Waals surface area contributed by atoms with Crippen LogP contribution in [0.1, 0.15) is 9.67 Å². The lowest BCUT2D eigenvalue weighted by Crippen LogP contribution is -1.95. The number of hydrogen-bond donors (Lipinski definition) is 1. The number of benzene rings is 1. The molecule has 1 aromatic carbocycles. The van der Waals surface area contributed by atoms with Gasteiger partial charge in [-0.25, -0.2) is 9.78 Å². The minimum Gasteiger partial charge on any atom is -0.477 e. The first-order valence-electron chi connectivity index (χ1n) is 5.93. The number of thiazole rings is 1. The highest BCUT2D eigenvalue weighted by Crippen LogP contribution is 2.33. The summed E-state index contributed by atoms with van der Waals surface area (Å²) in [7, 11) is 1.81. The van der Waals surface area contributed by atoms with E-state index in [9.17, 15) is 9.90 Å². The molecule has 0 bridgehead atoms. The molecule has 0 aliphatic rings. The van der Waals surface area contributed by atoms with Crippen LogP contribution in [-0.4, -0.2) is 25.8 Å². The summed E-state index contributed by atoms with van der Waals surface area (Å²) in [4.78, 5) is 16.1. The van der Waals surface area contributed by atoms with E-state index in [1.54, 1.807) is 10.9 Å². The van der Waals surface area contributed by atoms with Crippen molar-refractivity contribution in [2.45, 2.75) is 0 Å². The summed E-state index contributed by atoms with van der Waals surface area (Å²) in [5.41, 5.74) is 2.13. The van der Waals surface area contributed by atoms with E-state index in [1.807, 2.05) is 43.6 Å². The lowest BCUT2D eigenvalue weighted by Gasteiger charge is -1.97. The highest BCUT2D eigenvalue weighted by Gasteiger charge is 2.19. The lowest BCUT2D eigenvalue weighted by atomic mass is 10.1. The Bertz CT molecular complexity index is 762. The molecule has 0 amide bonds. The molecule has 0 radical (unpaired) electrons. The fourth-order valence-corrected chi connectivity index (χ4v) is 2.81. The maximum absolute atomic E-state index is 11.4. The molecule has 100 valence electrons. The molecule has 0 atom stereocenters. The van der Waals surface area contributed by atoms with Crippen LogP contribution >= 0.6 is 11.3 Å². The van der Waals surface area contributed by atoms with Gasteiger partial charge in [-0.2, -0.15) is 5.10 Å². The summed E-state index contributed by atoms with van der Waals surface area (Å²) in [6.07, 6.45) is 3.50. The first kappa shape index (κ1) is 12.6. The Kier molecular flexibility index (Phi) is 3.08. The molecule has 0 fully saturated rings. The topological polar surface area (TPSA) is 68.0 Å². The first-order chi connectivity index (χ1) is 9.65. The van der Waals surface area contributed by atoms with Crippen LogP contribution in [0.2, 0.25) is 0 Å². The molecule has 0 spiro atoms. The summed E-state index contributed by atoms with van der Waals surface area (Å²) in [5.74, 6) is -0.962. The molecule has 2 aromatic heterocycles. The highest BCUT2D eigenvalue weighted by atomic mass is 32.1. The third kappa shape index (κ3) is 2.21. The van der Waals surface area contributed by atoms with Crippen LogP contribution in [0.4, 0.5) is 0 Å². The average Bonchev–Trinajstić information content (AvgIpc) is 3.05. The van der Waals surface area contributed by atoms with Gasteiger partial charge >= 0.3 is 5.97 Å². The van der Waals surface area contributed by atoms with Gasteiger partial charge in [-0.3, -0.25) is 4.68 Å². The second kappa shape index (κ2) is 4.90. The quantitative estimate of drug-likeness (QED) is 0.803. The monoisotopic (exact) mass is 285 g/mol. The molecule has 20 heavy (non-hydrogen) atoms. The molecule has 6 heteroatoms. The van der Waals surface area contributed by atoms with Gasteiger partial charge in [0.25, 0.3) is 0 Å². The van der Waals surface area contributed by atoms with Crippen molar-refractivity contribution in [1.82, 2.24) is 14.8 Å². The summed E-state index contributed by atoms with van der Waals surface area (Å²) >= 11 is 1.16. The Morgan fingerprint density at radius 2 is 2.00 bits per heavy atom. The second-order valence-corrected chi connectivity index (χ2v) is 5.27. The van der Waals surface area contributed by atoms with E-state index in [0.717, 1.165) is 22.5 Å². The van der Waals surface area contributed by atoms with E-state index in [2.05, 4.69) is 10.1 Å². The predicted molar refractivity (Wildman–Crippen MR) is 76.7 cm³/mol. The number of hydrogen-bond acceptors (Lipinski definition) is 4. The molecule has 3 aromatic rings. The molecule has 0 saturated carbocycles. The fourth-order valence-electron chi connectivity index (χ4n) is 1.91. The van der Waals surface area contributed by atoms with Gasteiger partial charge in [-0.1, -0.05) is 30.3 Å². The number of rotatable bonds is 3. The molecule has 1 N–H and O–H groups in total. The van der Waals surface area contributed by atoms with Crippen LogP contribution in [0, 0.1) is 0 Å². The van der Waals surface area contributed by atoms with Gasteiger partial charge in [-0.05, 0) is 0 Å². The van der Waals surface area contributed by atoms with Crippen LogP contribution in [0.15, 0.2) is 42.7 Å². The van der Waals surface area contributed by atoms with Crippen molar-refractivity contribution < 1.29 is 9.90 Å². The standard InChI is InChI=1S/C14H11N3O2S/c1-17-8-10(7-15-17)13-16-11(12(20-13)14(18)19)9-5-3-2-4-6-9/h2-8H,1H3,(H,18,19). The largest absolute Gasteiger partial charge is 0.477 e. The maximum Gasteiger partial charge on any atom is 0.348 e. The van der Waals surface area contributed by atoms with E-state index < -0.39 is 5.97 Å². The van der Waals surface area contributed by atoms with Gasteiger partial charge in [0.05, 0.1) is 11.9 Å². The van der Waals surface area contributed by atoms with Gasteiger partial charge in [0.1, 0.15) is 9.88 Å². The number of carbonyl (C=O) groups is 1. The zero-order valence-corrected chi connectivity index (χ0v) is 11.5. The zero-order valence-electron chi connectivity index (χ0n) is 10.6. The van der Waals surface area contributed by atoms with Crippen molar-refractivity contribution in [1.29, 1.82) is 0 Å². The Morgan fingerprint density at radius 3 is 2.60 bits per heavy atom. The van der Waals surface area contributed by atoms with Crippen LogP contribution in [0.5, 0.6) is 0 Å². The van der Waals surface area contributed by atoms with Gasteiger partial charge in [-0.15, -0.1) is 11.3 Å². The molecule has 0 unspecified atom stereocenters. The molecule has 3 rings (SSSR count). The molecular weight excluding hydrogens is 274 g/mol. The zero-order chi connectivity index (χ0) is 14.1. The summed E-state index contributed by atoms with van der Waals surface area (Å²) in [6, 6.07) is 9.33. The van der Waals surface area contributed by atoms with Crippen LogP contribution in [0.3, 0.4) is 0 Å². The van der Waals surface area contributed by atoms with Gasteiger partial charge < -0.3 is 5.11 Å². The van der Waals surface area contributed by atoms with Crippen molar-refractivity contribution in [3.8, 4) is 21.8 Å². The number of carboxylic acid groups (broad SMARTS) is 1. The summed E-state index contributed by atoms with van der Waals surface area (Å²) in [6.45, 7) is 0. The van der Waals surface area contributed by atoms with Crippen molar-refractivity contribution in [2.24, 2.45) is 7.05 Å². The van der Waals surface area contributed by atoms with E-state index in [0.29, 0.717) is 10.7 Å². The van der Waals surface area contributed by atoms with Crippen LogP contribution in [-0.2, 0) is 7.05 Å². The highest BCUT2D eigenvalue weighted by molar-refractivity contribution is 7.17. The van der Waals surface area contributed by atoms with Crippen LogP contribution in [0.25, 0.3) is 21.8 Å². The number of aromatic carboxylic acids is 1. The van der Waals surface area contributed by atoms with E-state index >= 15 is 0 Å². The molecule has 5 nitrogen and oxygen atoms in total. The van der Waals surface area contributed by atoms with Gasteiger partial charge in [0.2, 0.25) is 0 Å². The minimum atomic E-state index is -0.962. The Hall–Kier alpha value is -2.47. The molecule has 0 saturated heterocycles. The lowest BCUT2D eigenvalue weighted by molar-refractivity contribution is 0.0702. The molecule has 0 aliphatic carbocycles. The molecular formula is C14H11N3O2S. The molecule has 2 heterocycles. The third-order valence-corrected chi connectivity index (χ3v) is 3.91. The number of aryl methyl sites for hydroxylation is 1. The maximum atomic E-state index is 11.4. The van der Waals surface area contributed by atoms with Gasteiger partial charge in [0.15, 0.2) is 0 Å². The van der Waals surface area contributed by atoms with Crippen molar-refractivity contribution >= 4 is 17.3 Å². The van der Waals surface area contributed by atoms with Crippen molar-refractivity contribution in [3.63, 3.8) is 0 Å².